The van der Waals surface area contributed by atoms with Crippen molar-refractivity contribution < 1.29 is 9.59 Å². The van der Waals surface area contributed by atoms with Crippen LogP contribution < -0.4 is 4.90 Å². The Morgan fingerprint density at radius 1 is 1.00 bits per heavy atom. The number of thiophene rings is 1. The van der Waals surface area contributed by atoms with Crippen LogP contribution in [0.3, 0.4) is 0 Å². The molecule has 6 heteroatoms. The average molecular weight is 406 g/mol. The molecule has 2 aromatic heterocycles. The molecule has 0 bridgehead atoms. The van der Waals surface area contributed by atoms with Crippen LogP contribution in [0.25, 0.3) is 0 Å². The Morgan fingerprint density at radius 3 is 2.41 bits per heavy atom. The molecule has 0 spiro atoms. The predicted molar refractivity (Wildman–Crippen MR) is 115 cm³/mol. The highest BCUT2D eigenvalue weighted by molar-refractivity contribution is 7.12. The van der Waals surface area contributed by atoms with E-state index in [-0.39, 0.29) is 17.7 Å². The molecule has 1 aliphatic heterocycles. The molecule has 1 aromatic carbocycles. The Labute approximate surface area is 174 Å². The van der Waals surface area contributed by atoms with E-state index in [4.69, 9.17) is 0 Å². The first-order valence-corrected chi connectivity index (χ1v) is 10.7. The predicted octanol–water partition coefficient (Wildman–Crippen LogP) is 4.23. The van der Waals surface area contributed by atoms with Gasteiger partial charge in [0.2, 0.25) is 5.91 Å². The first kappa shape index (κ1) is 19.3. The summed E-state index contributed by atoms with van der Waals surface area (Å²) in [5.41, 5.74) is 1.07. The Bertz CT molecular complexity index is 937. The second-order valence-electron chi connectivity index (χ2n) is 7.14. The molecule has 0 unspecified atom stereocenters. The maximum Gasteiger partial charge on any atom is 0.263 e. The smallest absolute Gasteiger partial charge is 0.263 e. The number of hydrogen-bond acceptors (Lipinski definition) is 4. The molecule has 1 saturated heterocycles. The van der Waals surface area contributed by atoms with Crippen molar-refractivity contribution in [2.45, 2.75) is 19.4 Å². The second-order valence-corrected chi connectivity index (χ2v) is 8.09. The molecule has 0 saturated carbocycles. The zero-order chi connectivity index (χ0) is 20.1. The molecule has 0 atom stereocenters. The van der Waals surface area contributed by atoms with E-state index >= 15 is 0 Å². The summed E-state index contributed by atoms with van der Waals surface area (Å²) in [5.74, 6) is 0.707. The van der Waals surface area contributed by atoms with Gasteiger partial charge in [-0.25, -0.2) is 4.98 Å². The minimum atomic E-state index is -0.104. The number of rotatable bonds is 5. The van der Waals surface area contributed by atoms with E-state index in [1.165, 1.54) is 11.3 Å². The molecule has 1 fully saturated rings. The van der Waals surface area contributed by atoms with Crippen LogP contribution >= 0.6 is 11.3 Å². The maximum atomic E-state index is 13.4. The number of benzene rings is 1. The normalized spacial score (nSPS) is 14.6. The lowest BCUT2D eigenvalue weighted by molar-refractivity contribution is -0.123. The van der Waals surface area contributed by atoms with Crippen molar-refractivity contribution in [3.63, 3.8) is 0 Å². The van der Waals surface area contributed by atoms with Gasteiger partial charge < -0.3 is 4.90 Å². The van der Waals surface area contributed by atoms with Gasteiger partial charge in [0.05, 0.1) is 11.4 Å². The van der Waals surface area contributed by atoms with Crippen molar-refractivity contribution in [3.05, 3.63) is 82.7 Å². The Kier molecular flexibility index (Phi) is 6.00. The highest BCUT2D eigenvalue weighted by Crippen LogP contribution is 2.25. The lowest BCUT2D eigenvalue weighted by Crippen LogP contribution is -2.44. The molecule has 0 N–H and O–H groups in total. The Balaban J connectivity index is 1.46. The quantitative estimate of drug-likeness (QED) is 0.638. The highest BCUT2D eigenvalue weighted by Gasteiger charge is 2.31. The van der Waals surface area contributed by atoms with Crippen LogP contribution in [0, 0.1) is 5.92 Å². The van der Waals surface area contributed by atoms with Gasteiger partial charge >= 0.3 is 0 Å². The minimum absolute atomic E-state index is 0.0665. The van der Waals surface area contributed by atoms with E-state index in [9.17, 15) is 9.59 Å². The van der Waals surface area contributed by atoms with Crippen molar-refractivity contribution in [2.24, 2.45) is 5.92 Å². The lowest BCUT2D eigenvalue weighted by atomic mass is 9.94. The number of piperidine rings is 1. The monoisotopic (exact) mass is 405 g/mol. The third kappa shape index (κ3) is 4.54. The lowest BCUT2D eigenvalue weighted by Gasteiger charge is -2.34. The summed E-state index contributed by atoms with van der Waals surface area (Å²) in [6, 6.07) is 19.3. The zero-order valence-corrected chi connectivity index (χ0v) is 16.9. The molecule has 148 valence electrons. The minimum Gasteiger partial charge on any atom is -0.338 e. The SMILES string of the molecule is O=C(c1cccs1)N1CCC(C(=O)N(Cc2ccccc2)c2ccccn2)CC1. The maximum absolute atomic E-state index is 13.4. The standard InChI is InChI=1S/C23H23N3O2S/c27-22(19-11-14-25(15-12-19)23(28)20-9-6-16-29-20)26(21-10-4-5-13-24-21)17-18-7-2-1-3-8-18/h1-10,13,16,19H,11-12,14-15,17H2. The Hall–Kier alpha value is -2.99. The first-order valence-electron chi connectivity index (χ1n) is 9.81. The number of carbonyl (C=O) groups is 2. The van der Waals surface area contributed by atoms with Gasteiger partial charge in [0, 0.05) is 25.2 Å². The fourth-order valence-electron chi connectivity index (χ4n) is 3.66. The number of hydrogen-bond donors (Lipinski definition) is 0. The van der Waals surface area contributed by atoms with Gasteiger partial charge in [0.1, 0.15) is 5.82 Å². The van der Waals surface area contributed by atoms with E-state index < -0.39 is 0 Å². The Morgan fingerprint density at radius 2 is 1.76 bits per heavy atom. The fourth-order valence-corrected chi connectivity index (χ4v) is 4.35. The molecular weight excluding hydrogens is 382 g/mol. The molecule has 29 heavy (non-hydrogen) atoms. The first-order chi connectivity index (χ1) is 14.2. The van der Waals surface area contributed by atoms with Crippen molar-refractivity contribution in [2.75, 3.05) is 18.0 Å². The summed E-state index contributed by atoms with van der Waals surface area (Å²) in [4.78, 5) is 34.8. The summed E-state index contributed by atoms with van der Waals surface area (Å²) in [7, 11) is 0. The van der Waals surface area contributed by atoms with Crippen LogP contribution in [-0.2, 0) is 11.3 Å². The van der Waals surface area contributed by atoms with Gasteiger partial charge in [0.15, 0.2) is 0 Å². The number of anilines is 1. The number of aromatic nitrogens is 1. The van der Waals surface area contributed by atoms with E-state index in [0.29, 0.717) is 38.3 Å². The molecule has 3 heterocycles. The van der Waals surface area contributed by atoms with Gasteiger partial charge in [-0.2, -0.15) is 0 Å². The molecule has 0 aliphatic carbocycles. The molecule has 5 nitrogen and oxygen atoms in total. The summed E-state index contributed by atoms with van der Waals surface area (Å²) in [5, 5.41) is 1.91. The van der Waals surface area contributed by atoms with Crippen molar-refractivity contribution in [1.82, 2.24) is 9.88 Å². The van der Waals surface area contributed by atoms with E-state index in [1.807, 2.05) is 70.9 Å². The molecule has 4 rings (SSSR count). The van der Waals surface area contributed by atoms with Crippen LogP contribution in [0.1, 0.15) is 28.1 Å². The van der Waals surface area contributed by atoms with Crippen LogP contribution in [-0.4, -0.2) is 34.8 Å². The third-order valence-corrected chi connectivity index (χ3v) is 6.10. The second kappa shape index (κ2) is 9.01. The van der Waals surface area contributed by atoms with E-state index in [0.717, 1.165) is 10.4 Å². The molecular formula is C23H23N3O2S. The molecule has 3 aromatic rings. The van der Waals surface area contributed by atoms with Crippen LogP contribution in [0.4, 0.5) is 5.82 Å². The largest absolute Gasteiger partial charge is 0.338 e. The van der Waals surface area contributed by atoms with Gasteiger partial charge in [0.25, 0.3) is 5.91 Å². The number of carbonyl (C=O) groups excluding carboxylic acids is 2. The number of pyridine rings is 1. The van der Waals surface area contributed by atoms with Crippen LogP contribution in [0.2, 0.25) is 0 Å². The molecule has 0 radical (unpaired) electrons. The number of amides is 2. The van der Waals surface area contributed by atoms with Crippen molar-refractivity contribution in [1.29, 1.82) is 0 Å². The highest BCUT2D eigenvalue weighted by atomic mass is 32.1. The summed E-state index contributed by atoms with van der Waals surface area (Å²) in [6.07, 6.45) is 3.06. The van der Waals surface area contributed by atoms with Gasteiger partial charge in [-0.3, -0.25) is 14.5 Å². The zero-order valence-electron chi connectivity index (χ0n) is 16.1. The summed E-state index contributed by atoms with van der Waals surface area (Å²) in [6.45, 7) is 1.70. The number of likely N-dealkylation sites (tertiary alicyclic amines) is 1. The van der Waals surface area contributed by atoms with Crippen LogP contribution in [0.5, 0.6) is 0 Å². The van der Waals surface area contributed by atoms with Crippen molar-refractivity contribution >= 4 is 29.0 Å². The van der Waals surface area contributed by atoms with E-state index in [1.54, 1.807) is 11.1 Å². The summed E-state index contributed by atoms with van der Waals surface area (Å²) >= 11 is 1.46. The average Bonchev–Trinajstić information content (AvgIpc) is 3.33. The third-order valence-electron chi connectivity index (χ3n) is 5.24. The topological polar surface area (TPSA) is 53.5 Å². The molecule has 2 amide bonds. The van der Waals surface area contributed by atoms with E-state index in [2.05, 4.69) is 4.98 Å². The van der Waals surface area contributed by atoms with Gasteiger partial charge in [-0.15, -0.1) is 11.3 Å². The summed E-state index contributed by atoms with van der Waals surface area (Å²) < 4.78 is 0. The van der Waals surface area contributed by atoms with Gasteiger partial charge in [-0.05, 0) is 42.0 Å². The fraction of sp³-hybridized carbons (Fsp3) is 0.261. The van der Waals surface area contributed by atoms with Gasteiger partial charge in [-0.1, -0.05) is 42.5 Å². The molecule has 1 aliphatic rings. The van der Waals surface area contributed by atoms with Crippen molar-refractivity contribution in [3.8, 4) is 0 Å². The van der Waals surface area contributed by atoms with Crippen LogP contribution in [0.15, 0.2) is 72.2 Å². The number of nitrogens with zero attached hydrogens (tertiary/aromatic N) is 3.